The number of carbonyl (C=O) groups is 1. The quantitative estimate of drug-likeness (QED) is 0.477. The zero-order valence-electron chi connectivity index (χ0n) is 11.9. The Kier molecular flexibility index (Phi) is 3.65. The third-order valence-corrected chi connectivity index (χ3v) is 3.75. The normalized spacial score (nSPS) is 11.1. The van der Waals surface area contributed by atoms with E-state index < -0.39 is 0 Å². The van der Waals surface area contributed by atoms with Crippen molar-refractivity contribution in [1.82, 2.24) is 0 Å². The van der Waals surface area contributed by atoms with E-state index in [9.17, 15) is 4.79 Å². The molecule has 0 spiro atoms. The van der Waals surface area contributed by atoms with Gasteiger partial charge in [-0.15, -0.1) is 0 Å². The molecule has 1 nitrogen and oxygen atoms in total. The third-order valence-electron chi connectivity index (χ3n) is 3.75. The first-order valence-electron chi connectivity index (χ1n) is 7.00. The van der Waals surface area contributed by atoms with Crippen molar-refractivity contribution >= 4 is 29.2 Å². The molecule has 1 heteroatoms. The van der Waals surface area contributed by atoms with Crippen molar-refractivity contribution in [3.63, 3.8) is 0 Å². The average molecular weight is 272 g/mol. The van der Waals surface area contributed by atoms with Crippen molar-refractivity contribution in [2.24, 2.45) is 0 Å². The second-order valence-electron chi connectivity index (χ2n) is 5.10. The van der Waals surface area contributed by atoms with Gasteiger partial charge in [0.25, 0.3) is 0 Å². The molecule has 0 fully saturated rings. The first kappa shape index (κ1) is 13.3. The predicted octanol–water partition coefficient (Wildman–Crippen LogP) is 5.13. The maximum absolute atomic E-state index is 11.3. The largest absolute Gasteiger partial charge is 0.298 e. The number of hydrogen-bond donors (Lipinski definition) is 0. The van der Waals surface area contributed by atoms with Crippen molar-refractivity contribution in [3.05, 3.63) is 82.9 Å². The van der Waals surface area contributed by atoms with Crippen LogP contribution in [0.2, 0.25) is 0 Å². The Morgan fingerprint density at radius 2 is 1.52 bits per heavy atom. The molecule has 3 aromatic carbocycles. The Bertz CT molecular complexity index is 828. The minimum Gasteiger partial charge on any atom is -0.298 e. The van der Waals surface area contributed by atoms with Crippen LogP contribution >= 0.6 is 0 Å². The summed E-state index contributed by atoms with van der Waals surface area (Å²) in [4.78, 5) is 11.3. The van der Waals surface area contributed by atoms with Gasteiger partial charge in [-0.3, -0.25) is 4.79 Å². The van der Waals surface area contributed by atoms with Gasteiger partial charge in [-0.1, -0.05) is 72.8 Å². The van der Waals surface area contributed by atoms with Gasteiger partial charge in [-0.2, -0.15) is 0 Å². The fraction of sp³-hybridized carbons (Fsp3) is 0.0500. The Labute approximate surface area is 124 Å². The van der Waals surface area contributed by atoms with E-state index in [1.165, 1.54) is 11.1 Å². The molecule has 102 valence electrons. The first-order chi connectivity index (χ1) is 10.3. The molecule has 0 saturated heterocycles. The lowest BCUT2D eigenvalue weighted by Crippen LogP contribution is -1.88. The van der Waals surface area contributed by atoms with Crippen LogP contribution in [0.3, 0.4) is 0 Å². The van der Waals surface area contributed by atoms with Gasteiger partial charge in [0.05, 0.1) is 0 Å². The monoisotopic (exact) mass is 272 g/mol. The molecule has 0 aliphatic carbocycles. The molecule has 0 N–H and O–H groups in total. The predicted molar refractivity (Wildman–Crippen MR) is 89.4 cm³/mol. The van der Waals surface area contributed by atoms with E-state index in [2.05, 4.69) is 37.3 Å². The van der Waals surface area contributed by atoms with Gasteiger partial charge in [0.2, 0.25) is 0 Å². The summed E-state index contributed by atoms with van der Waals surface area (Å²) in [5.41, 5.74) is 4.09. The van der Waals surface area contributed by atoms with E-state index in [-0.39, 0.29) is 0 Å². The molecular formula is C20H16O. The van der Waals surface area contributed by atoms with E-state index in [0.717, 1.165) is 28.2 Å². The third kappa shape index (κ3) is 2.63. The Balaban J connectivity index is 2.15. The highest BCUT2D eigenvalue weighted by atomic mass is 16.1. The summed E-state index contributed by atoms with van der Waals surface area (Å²) in [7, 11) is 0. The Morgan fingerprint density at radius 1 is 0.762 bits per heavy atom. The van der Waals surface area contributed by atoms with E-state index in [1.807, 2.05) is 42.5 Å². The Hall–Kier alpha value is -2.67. The summed E-state index contributed by atoms with van der Waals surface area (Å²) in [5.74, 6) is 0. The van der Waals surface area contributed by atoms with Gasteiger partial charge in [-0.05, 0) is 34.4 Å². The lowest BCUT2D eigenvalue weighted by atomic mass is 9.98. The molecule has 0 amide bonds. The van der Waals surface area contributed by atoms with Crippen molar-refractivity contribution in [1.29, 1.82) is 0 Å². The molecule has 0 aliphatic heterocycles. The molecule has 0 heterocycles. The standard InChI is InChI=1S/C20H16O/c1-15-6-2-3-7-16(15)12-13-20-18(14-21)11-10-17-8-4-5-9-19(17)20/h2-14H,1H3. The minimum atomic E-state index is 0.721. The molecule has 0 bridgehead atoms. The maximum atomic E-state index is 11.3. The number of benzene rings is 3. The molecule has 3 rings (SSSR count). The van der Waals surface area contributed by atoms with Crippen LogP contribution in [0, 0.1) is 6.92 Å². The molecular weight excluding hydrogens is 256 g/mol. The molecule has 0 aromatic heterocycles. The first-order valence-corrected chi connectivity index (χ1v) is 7.00. The average Bonchev–Trinajstić information content (AvgIpc) is 2.53. The van der Waals surface area contributed by atoms with Crippen LogP contribution in [-0.4, -0.2) is 6.29 Å². The SMILES string of the molecule is Cc1ccccc1C=Cc1c(C=O)ccc2ccccc12. The summed E-state index contributed by atoms with van der Waals surface area (Å²) in [5, 5.41) is 2.25. The van der Waals surface area contributed by atoms with Gasteiger partial charge in [0, 0.05) is 5.56 Å². The summed E-state index contributed by atoms with van der Waals surface area (Å²) >= 11 is 0. The summed E-state index contributed by atoms with van der Waals surface area (Å²) in [6.07, 6.45) is 5.03. The second kappa shape index (κ2) is 5.76. The highest BCUT2D eigenvalue weighted by Gasteiger charge is 2.04. The van der Waals surface area contributed by atoms with Crippen LogP contribution in [0.5, 0.6) is 0 Å². The van der Waals surface area contributed by atoms with Crippen LogP contribution in [0.15, 0.2) is 60.7 Å². The molecule has 0 unspecified atom stereocenters. The summed E-state index contributed by atoms with van der Waals surface area (Å²) < 4.78 is 0. The molecule has 21 heavy (non-hydrogen) atoms. The Morgan fingerprint density at radius 3 is 2.33 bits per heavy atom. The van der Waals surface area contributed by atoms with Gasteiger partial charge in [-0.25, -0.2) is 0 Å². The van der Waals surface area contributed by atoms with Gasteiger partial charge < -0.3 is 0 Å². The van der Waals surface area contributed by atoms with Crippen molar-refractivity contribution < 1.29 is 4.79 Å². The van der Waals surface area contributed by atoms with Crippen LogP contribution in [0.4, 0.5) is 0 Å². The summed E-state index contributed by atoms with van der Waals surface area (Å²) in [6.45, 7) is 2.09. The fourth-order valence-electron chi connectivity index (χ4n) is 2.55. The van der Waals surface area contributed by atoms with Gasteiger partial charge in [0.15, 0.2) is 6.29 Å². The number of aryl methyl sites for hydroxylation is 1. The smallest absolute Gasteiger partial charge is 0.150 e. The number of hydrogen-bond acceptors (Lipinski definition) is 1. The van der Waals surface area contributed by atoms with Gasteiger partial charge >= 0.3 is 0 Å². The number of aldehydes is 1. The molecule has 3 aromatic rings. The lowest BCUT2D eigenvalue weighted by Gasteiger charge is -2.06. The highest BCUT2D eigenvalue weighted by molar-refractivity contribution is 5.99. The molecule has 0 saturated carbocycles. The topological polar surface area (TPSA) is 17.1 Å². The number of carbonyl (C=O) groups excluding carboxylic acids is 1. The van der Waals surface area contributed by atoms with Crippen LogP contribution in [-0.2, 0) is 0 Å². The lowest BCUT2D eigenvalue weighted by molar-refractivity contribution is 0.112. The van der Waals surface area contributed by atoms with E-state index in [1.54, 1.807) is 0 Å². The van der Waals surface area contributed by atoms with E-state index in [0.29, 0.717) is 0 Å². The number of fused-ring (bicyclic) bond motifs is 1. The zero-order valence-corrected chi connectivity index (χ0v) is 11.9. The molecule has 0 atom stereocenters. The van der Waals surface area contributed by atoms with E-state index >= 15 is 0 Å². The van der Waals surface area contributed by atoms with Crippen molar-refractivity contribution in [2.45, 2.75) is 6.92 Å². The highest BCUT2D eigenvalue weighted by Crippen LogP contribution is 2.24. The van der Waals surface area contributed by atoms with E-state index in [4.69, 9.17) is 0 Å². The minimum absolute atomic E-state index is 0.721. The van der Waals surface area contributed by atoms with Crippen LogP contribution in [0.25, 0.3) is 22.9 Å². The van der Waals surface area contributed by atoms with Crippen LogP contribution in [0.1, 0.15) is 27.0 Å². The second-order valence-corrected chi connectivity index (χ2v) is 5.10. The summed E-state index contributed by atoms with van der Waals surface area (Å²) in [6, 6.07) is 20.2. The zero-order chi connectivity index (χ0) is 14.7. The fourth-order valence-corrected chi connectivity index (χ4v) is 2.55. The molecule has 0 aliphatic rings. The van der Waals surface area contributed by atoms with Crippen molar-refractivity contribution in [2.75, 3.05) is 0 Å². The molecule has 0 radical (unpaired) electrons. The van der Waals surface area contributed by atoms with Gasteiger partial charge in [0.1, 0.15) is 0 Å². The van der Waals surface area contributed by atoms with Crippen LogP contribution < -0.4 is 0 Å². The maximum Gasteiger partial charge on any atom is 0.150 e. The number of rotatable bonds is 3. The van der Waals surface area contributed by atoms with Crippen molar-refractivity contribution in [3.8, 4) is 0 Å².